The Morgan fingerprint density at radius 3 is 2.47 bits per heavy atom. The highest BCUT2D eigenvalue weighted by atomic mass is 32.2. The molecule has 0 aromatic heterocycles. The van der Waals surface area contributed by atoms with E-state index >= 15 is 0 Å². The summed E-state index contributed by atoms with van der Waals surface area (Å²) in [5, 5.41) is 5.63. The van der Waals surface area contributed by atoms with Gasteiger partial charge in [0.05, 0.1) is 23.3 Å². The van der Waals surface area contributed by atoms with Crippen LogP contribution in [0.4, 0.5) is 5.69 Å². The highest BCUT2D eigenvalue weighted by Gasteiger charge is 2.20. The van der Waals surface area contributed by atoms with E-state index in [1.54, 1.807) is 30.3 Å². The molecule has 0 atom stereocenters. The topological polar surface area (TPSA) is 105 Å². The number of carbonyl (C=O) groups is 2. The van der Waals surface area contributed by atoms with Crippen LogP contribution in [0.1, 0.15) is 42.1 Å². The van der Waals surface area contributed by atoms with E-state index in [1.807, 2.05) is 6.92 Å². The smallest absolute Gasteiger partial charge is 0.253 e. The molecule has 0 aliphatic carbocycles. The molecule has 32 heavy (non-hydrogen) atoms. The lowest BCUT2D eigenvalue weighted by atomic mass is 10.1. The molecule has 0 fully saturated rings. The van der Waals surface area contributed by atoms with Crippen molar-refractivity contribution in [2.75, 3.05) is 33.1 Å². The molecule has 2 aromatic rings. The largest absolute Gasteiger partial charge is 0.496 e. The van der Waals surface area contributed by atoms with Crippen molar-refractivity contribution in [2.24, 2.45) is 0 Å². The zero-order valence-electron chi connectivity index (χ0n) is 19.0. The fraction of sp³-hybridized carbons (Fsp3) is 0.391. The molecule has 174 valence electrons. The summed E-state index contributed by atoms with van der Waals surface area (Å²) in [5.74, 6) is -0.0226. The van der Waals surface area contributed by atoms with Gasteiger partial charge in [-0.05, 0) is 48.7 Å². The van der Waals surface area contributed by atoms with Crippen LogP contribution in [0, 0.1) is 0 Å². The molecule has 0 aliphatic heterocycles. The molecule has 0 radical (unpaired) electrons. The number of ether oxygens (including phenoxy) is 1. The van der Waals surface area contributed by atoms with E-state index in [-0.39, 0.29) is 29.6 Å². The molecule has 0 saturated heterocycles. The fourth-order valence-corrected chi connectivity index (χ4v) is 4.00. The molecule has 2 aromatic carbocycles. The monoisotopic (exact) mass is 461 g/mol. The first-order valence-electron chi connectivity index (χ1n) is 10.5. The first kappa shape index (κ1) is 25.4. The predicted molar refractivity (Wildman–Crippen MR) is 125 cm³/mol. The lowest BCUT2D eigenvalue weighted by Gasteiger charge is -2.15. The number of amides is 2. The number of carbonyl (C=O) groups excluding carboxylic acids is 2. The van der Waals surface area contributed by atoms with Crippen LogP contribution in [-0.2, 0) is 21.2 Å². The zero-order valence-corrected chi connectivity index (χ0v) is 19.8. The van der Waals surface area contributed by atoms with Gasteiger partial charge in [0.25, 0.3) is 5.91 Å². The number of hydrogen-bond donors (Lipinski definition) is 2. The average molecular weight is 462 g/mol. The van der Waals surface area contributed by atoms with Gasteiger partial charge in [0.15, 0.2) is 0 Å². The summed E-state index contributed by atoms with van der Waals surface area (Å²) >= 11 is 0. The minimum absolute atomic E-state index is 0.0909. The molecule has 0 unspecified atom stereocenters. The normalized spacial score (nSPS) is 11.3. The van der Waals surface area contributed by atoms with Gasteiger partial charge in [0.1, 0.15) is 5.75 Å². The summed E-state index contributed by atoms with van der Waals surface area (Å²) < 4.78 is 31.3. The summed E-state index contributed by atoms with van der Waals surface area (Å²) in [6.07, 6.45) is 2.22. The number of methoxy groups -OCH3 is 1. The second-order valence-corrected chi connectivity index (χ2v) is 9.62. The molecule has 9 heteroatoms. The Morgan fingerprint density at radius 1 is 1.09 bits per heavy atom. The quantitative estimate of drug-likeness (QED) is 0.501. The predicted octanol–water partition coefficient (Wildman–Crippen LogP) is 3.05. The second kappa shape index (κ2) is 11.6. The van der Waals surface area contributed by atoms with Crippen molar-refractivity contribution >= 4 is 27.5 Å². The van der Waals surface area contributed by atoms with Crippen molar-refractivity contribution < 1.29 is 22.7 Å². The van der Waals surface area contributed by atoms with Crippen molar-refractivity contribution in [2.45, 2.75) is 37.5 Å². The lowest BCUT2D eigenvalue weighted by Crippen LogP contribution is -2.26. The Morgan fingerprint density at radius 2 is 1.81 bits per heavy atom. The van der Waals surface area contributed by atoms with Crippen molar-refractivity contribution in [3.63, 3.8) is 0 Å². The molecule has 0 aliphatic rings. The van der Waals surface area contributed by atoms with E-state index in [9.17, 15) is 18.0 Å². The first-order valence-corrected chi connectivity index (χ1v) is 11.9. The van der Waals surface area contributed by atoms with Crippen molar-refractivity contribution in [1.29, 1.82) is 0 Å². The SMILES string of the molecule is CCCCNC(=O)c1ccccc1NC(=O)CCc1cc(S(=O)(=O)N(C)C)ccc1OC. The Hall–Kier alpha value is -2.91. The van der Waals surface area contributed by atoms with Crippen molar-refractivity contribution in [1.82, 2.24) is 9.62 Å². The van der Waals surface area contributed by atoms with E-state index in [0.717, 1.165) is 17.1 Å². The number of nitrogens with one attached hydrogen (secondary N) is 2. The van der Waals surface area contributed by atoms with E-state index in [2.05, 4.69) is 10.6 Å². The van der Waals surface area contributed by atoms with Crippen LogP contribution in [0.3, 0.4) is 0 Å². The molecule has 8 nitrogen and oxygen atoms in total. The van der Waals surface area contributed by atoms with Gasteiger partial charge in [-0.2, -0.15) is 0 Å². The summed E-state index contributed by atoms with van der Waals surface area (Å²) in [7, 11) is 0.811. The molecule has 2 rings (SSSR count). The van der Waals surface area contributed by atoms with E-state index < -0.39 is 10.0 Å². The molecule has 0 spiro atoms. The lowest BCUT2D eigenvalue weighted by molar-refractivity contribution is -0.116. The minimum Gasteiger partial charge on any atom is -0.496 e. The standard InChI is InChI=1S/C23H31N3O5S/c1-5-6-15-24-23(28)19-9-7-8-10-20(19)25-22(27)14-11-17-16-18(12-13-21(17)31-4)32(29,30)26(2)3/h7-10,12-13,16H,5-6,11,14-15H2,1-4H3,(H,24,28)(H,25,27). The van der Waals surface area contributed by atoms with Crippen LogP contribution in [0.15, 0.2) is 47.4 Å². The number of aryl methyl sites for hydroxylation is 1. The Bertz CT molecular complexity index is 1050. The van der Waals surface area contributed by atoms with Crippen LogP contribution >= 0.6 is 0 Å². The minimum atomic E-state index is -3.60. The van der Waals surface area contributed by atoms with Crippen LogP contribution in [0.25, 0.3) is 0 Å². The highest BCUT2D eigenvalue weighted by Crippen LogP contribution is 2.25. The van der Waals surface area contributed by atoms with Gasteiger partial charge < -0.3 is 15.4 Å². The molecule has 0 heterocycles. The Labute approximate surface area is 190 Å². The number of hydrogen-bond acceptors (Lipinski definition) is 5. The van der Waals surface area contributed by atoms with Crippen LogP contribution in [0.5, 0.6) is 5.75 Å². The summed E-state index contributed by atoms with van der Waals surface area (Å²) in [6.45, 7) is 2.62. The summed E-state index contributed by atoms with van der Waals surface area (Å²) in [6, 6.07) is 11.4. The van der Waals surface area contributed by atoms with Crippen LogP contribution in [0.2, 0.25) is 0 Å². The first-order chi connectivity index (χ1) is 15.2. The summed E-state index contributed by atoms with van der Waals surface area (Å²) in [5.41, 5.74) is 1.44. The number of anilines is 1. The maximum Gasteiger partial charge on any atom is 0.253 e. The van der Waals surface area contributed by atoms with Gasteiger partial charge in [0, 0.05) is 27.1 Å². The molecule has 0 bridgehead atoms. The molecule has 2 amide bonds. The zero-order chi connectivity index (χ0) is 23.7. The maximum atomic E-state index is 12.6. The third kappa shape index (κ3) is 6.54. The number of benzene rings is 2. The van der Waals surface area contributed by atoms with Crippen LogP contribution in [-0.4, -0.2) is 52.3 Å². The molecule has 2 N–H and O–H groups in total. The molecular formula is C23H31N3O5S. The van der Waals surface area contributed by atoms with Crippen LogP contribution < -0.4 is 15.4 Å². The van der Waals surface area contributed by atoms with Crippen molar-refractivity contribution in [3.8, 4) is 5.75 Å². The number of sulfonamides is 1. The third-order valence-corrected chi connectivity index (χ3v) is 6.72. The van der Waals surface area contributed by atoms with Gasteiger partial charge in [-0.1, -0.05) is 25.5 Å². The molecular weight excluding hydrogens is 430 g/mol. The second-order valence-electron chi connectivity index (χ2n) is 7.46. The van der Waals surface area contributed by atoms with E-state index in [4.69, 9.17) is 4.74 Å². The van der Waals surface area contributed by atoms with Gasteiger partial charge in [-0.25, -0.2) is 12.7 Å². The number of unbranched alkanes of at least 4 members (excludes halogenated alkanes) is 1. The Kier molecular flexibility index (Phi) is 9.22. The van der Waals surface area contributed by atoms with E-state index in [0.29, 0.717) is 29.1 Å². The average Bonchev–Trinajstić information content (AvgIpc) is 2.77. The van der Waals surface area contributed by atoms with Crippen molar-refractivity contribution in [3.05, 3.63) is 53.6 Å². The van der Waals surface area contributed by atoms with E-state index in [1.165, 1.54) is 33.3 Å². The maximum absolute atomic E-state index is 12.6. The third-order valence-electron chi connectivity index (χ3n) is 4.91. The number of para-hydroxylation sites is 1. The van der Waals surface area contributed by atoms with Gasteiger partial charge >= 0.3 is 0 Å². The number of rotatable bonds is 11. The van der Waals surface area contributed by atoms with Gasteiger partial charge in [-0.3, -0.25) is 9.59 Å². The highest BCUT2D eigenvalue weighted by molar-refractivity contribution is 7.89. The van der Waals surface area contributed by atoms with Gasteiger partial charge in [-0.15, -0.1) is 0 Å². The molecule has 0 saturated carbocycles. The fourth-order valence-electron chi connectivity index (χ4n) is 3.05. The number of nitrogens with zero attached hydrogens (tertiary/aromatic N) is 1. The Balaban J connectivity index is 2.12. The van der Waals surface area contributed by atoms with Gasteiger partial charge in [0.2, 0.25) is 15.9 Å². The summed E-state index contributed by atoms with van der Waals surface area (Å²) in [4.78, 5) is 25.2.